The van der Waals surface area contributed by atoms with Gasteiger partial charge in [-0.05, 0) is 149 Å². The van der Waals surface area contributed by atoms with Crippen LogP contribution < -0.4 is 0 Å². The molecule has 0 atom stereocenters. The number of nitrogens with zero attached hydrogens (tertiary/aromatic N) is 4. The molecule has 0 spiro atoms. The average molecular weight is 1180 g/mol. The van der Waals surface area contributed by atoms with Gasteiger partial charge < -0.3 is 0 Å². The minimum atomic E-state index is -0.599. The number of para-hydroxylation sites is 3. The van der Waals surface area contributed by atoms with Crippen molar-refractivity contribution in [2.24, 2.45) is 0 Å². The third kappa shape index (κ3) is 8.49. The molecule has 4 nitrogen and oxygen atoms in total. The summed E-state index contributed by atoms with van der Waals surface area (Å²) in [4.78, 5) is 16.7. The molecule has 0 radical (unpaired) electrons. The molecule has 18 rings (SSSR count). The molecule has 0 saturated carbocycles. The summed E-state index contributed by atoms with van der Waals surface area (Å²) in [7, 11) is 0. The Hall–Kier alpha value is -12.1. The van der Waals surface area contributed by atoms with Gasteiger partial charge in [-0.2, -0.15) is 0 Å². The first-order chi connectivity index (χ1) is 46.1. The molecule has 0 unspecified atom stereocenters. The zero-order valence-corrected chi connectivity index (χ0v) is 50.8. The second-order valence-corrected chi connectivity index (χ2v) is 24.5. The predicted molar refractivity (Wildman–Crippen MR) is 381 cm³/mol. The van der Waals surface area contributed by atoms with Crippen molar-refractivity contribution in [3.05, 3.63) is 396 Å². The molecule has 434 valence electrons. The Kier molecular flexibility index (Phi) is 12.7. The Labute approximate surface area is 540 Å². The molecule has 0 amide bonds. The highest BCUT2D eigenvalue weighted by Gasteiger charge is 2.48. The highest BCUT2D eigenvalue weighted by atomic mass is 15.1. The molecule has 0 bridgehead atoms. The van der Waals surface area contributed by atoms with Gasteiger partial charge in [0.2, 0.25) is 0 Å². The largest absolute Gasteiger partial charge is 0.292 e. The number of hydrogen-bond acceptors (Lipinski definition) is 3. The molecule has 0 fully saturated rings. The fourth-order valence-electron chi connectivity index (χ4n) is 15.5. The molecular weight excluding hydrogens is 1130 g/mol. The van der Waals surface area contributed by atoms with Gasteiger partial charge in [0.15, 0.2) is 0 Å². The fourth-order valence-corrected chi connectivity index (χ4v) is 15.5. The molecule has 0 aliphatic heterocycles. The summed E-state index contributed by atoms with van der Waals surface area (Å²) < 4.78 is 2.25. The lowest BCUT2D eigenvalue weighted by atomic mass is 9.67. The first-order valence-electron chi connectivity index (χ1n) is 32.0. The lowest BCUT2D eigenvalue weighted by Crippen LogP contribution is -2.28. The maximum Gasteiger partial charge on any atom is 0.145 e. The van der Waals surface area contributed by atoms with Crippen molar-refractivity contribution in [1.29, 1.82) is 0 Å². The highest BCUT2D eigenvalue weighted by molar-refractivity contribution is 5.99. The fraction of sp³-hybridized carbons (Fsp3) is 0.0225. The van der Waals surface area contributed by atoms with Crippen molar-refractivity contribution in [3.8, 4) is 95.2 Å². The molecule has 0 saturated heterocycles. The molecule has 2 aromatic heterocycles. The summed E-state index contributed by atoms with van der Waals surface area (Å²) in [5.74, 6) is 0.906. The molecule has 2 aliphatic rings. The molecule has 93 heavy (non-hydrogen) atoms. The standard InChI is InChI=1S/C89H58N4/c1-7-25-61(26-8-1)85-86(62-47-43-59(44-48-62)60-45-49-63(50-46-60)87-92-81-41-23-24-42-84(81)93(87)70-35-17-6-18-36-70)91-83-58-76(65-52-54-74-72-38-20-22-40-78(72)89(80(74)56-65,68-31-13-4-14-32-68)69-33-15-5-16-34-69)75(57-82(83)90-85)64-51-53-73-71-37-19-21-39-77(71)88(79(73)55-64,66-27-9-2-10-28-66)67-29-11-3-12-30-67/h1-58H. The lowest BCUT2D eigenvalue weighted by molar-refractivity contribution is 0.768. The second-order valence-electron chi connectivity index (χ2n) is 24.5. The maximum atomic E-state index is 5.79. The number of aromatic nitrogens is 4. The molecule has 0 N–H and O–H groups in total. The topological polar surface area (TPSA) is 43.6 Å². The number of fused-ring (bicyclic) bond motifs is 8. The number of rotatable bonds is 11. The minimum absolute atomic E-state index is 0.595. The van der Waals surface area contributed by atoms with E-state index >= 15 is 0 Å². The first kappa shape index (κ1) is 53.9. The molecule has 2 heterocycles. The van der Waals surface area contributed by atoms with E-state index in [0.717, 1.165) is 95.0 Å². The smallest absolute Gasteiger partial charge is 0.145 e. The van der Waals surface area contributed by atoms with Crippen LogP contribution in [0.5, 0.6) is 0 Å². The highest BCUT2D eigenvalue weighted by Crippen LogP contribution is 2.59. The van der Waals surface area contributed by atoms with E-state index in [1.807, 2.05) is 6.07 Å². The van der Waals surface area contributed by atoms with Gasteiger partial charge in [-0.1, -0.05) is 303 Å². The summed E-state index contributed by atoms with van der Waals surface area (Å²) in [6, 6.07) is 128. The third-order valence-corrected chi connectivity index (χ3v) is 19.6. The summed E-state index contributed by atoms with van der Waals surface area (Å²) in [5, 5.41) is 0. The SMILES string of the molecule is c1ccc(-c2nc3cc(-c4ccc5c(c4)C(c4ccccc4)(c4ccccc4)c4ccccc4-5)c(-c4ccc5c(c4)C(c4ccccc4)(c4ccccc4)c4ccccc4-5)cc3nc2-c2ccc(-c3ccc(-c4nc5ccccc5n4-c4ccccc4)cc3)cc2)cc1. The predicted octanol–water partition coefficient (Wildman–Crippen LogP) is 21.7. The molecule has 14 aromatic carbocycles. The van der Waals surface area contributed by atoms with E-state index in [2.05, 4.69) is 350 Å². The van der Waals surface area contributed by atoms with E-state index < -0.39 is 10.8 Å². The Morgan fingerprint density at radius 3 is 1.02 bits per heavy atom. The van der Waals surface area contributed by atoms with Crippen molar-refractivity contribution in [3.63, 3.8) is 0 Å². The van der Waals surface area contributed by atoms with E-state index in [1.54, 1.807) is 0 Å². The van der Waals surface area contributed by atoms with Gasteiger partial charge >= 0.3 is 0 Å². The summed E-state index contributed by atoms with van der Waals surface area (Å²) in [6.07, 6.45) is 0. The van der Waals surface area contributed by atoms with Crippen LogP contribution in [0, 0.1) is 0 Å². The normalized spacial score (nSPS) is 13.1. The van der Waals surface area contributed by atoms with Crippen LogP contribution in [0.3, 0.4) is 0 Å². The third-order valence-electron chi connectivity index (χ3n) is 19.6. The van der Waals surface area contributed by atoms with Crippen LogP contribution in [0.2, 0.25) is 0 Å². The number of benzene rings is 14. The summed E-state index contributed by atoms with van der Waals surface area (Å²) >= 11 is 0. The van der Waals surface area contributed by atoms with Gasteiger partial charge in [0.05, 0.1) is 44.3 Å². The lowest BCUT2D eigenvalue weighted by Gasteiger charge is -2.34. The molecule has 4 heteroatoms. The maximum absolute atomic E-state index is 5.79. The van der Waals surface area contributed by atoms with E-state index in [4.69, 9.17) is 15.0 Å². The van der Waals surface area contributed by atoms with Crippen LogP contribution in [0.4, 0.5) is 0 Å². The Bertz CT molecular complexity index is 5430. The van der Waals surface area contributed by atoms with Crippen LogP contribution in [0.1, 0.15) is 44.5 Å². The van der Waals surface area contributed by atoms with E-state index in [0.29, 0.717) is 0 Å². The molecule has 16 aromatic rings. The first-order valence-corrected chi connectivity index (χ1v) is 32.0. The van der Waals surface area contributed by atoms with Gasteiger partial charge in [-0.25, -0.2) is 15.0 Å². The zero-order valence-electron chi connectivity index (χ0n) is 50.8. The van der Waals surface area contributed by atoms with E-state index in [1.165, 1.54) is 66.8 Å². The second kappa shape index (κ2) is 21.8. The van der Waals surface area contributed by atoms with Crippen LogP contribution in [-0.4, -0.2) is 19.5 Å². The minimum Gasteiger partial charge on any atom is -0.292 e. The van der Waals surface area contributed by atoms with Gasteiger partial charge in [0.25, 0.3) is 0 Å². The van der Waals surface area contributed by atoms with Crippen LogP contribution in [0.25, 0.3) is 117 Å². The Morgan fingerprint density at radius 2 is 0.559 bits per heavy atom. The summed E-state index contributed by atoms with van der Waals surface area (Å²) in [5.41, 5.74) is 29.6. The van der Waals surface area contributed by atoms with Gasteiger partial charge in [-0.15, -0.1) is 0 Å². The van der Waals surface area contributed by atoms with E-state index in [-0.39, 0.29) is 0 Å². The zero-order chi connectivity index (χ0) is 61.5. The Morgan fingerprint density at radius 1 is 0.215 bits per heavy atom. The van der Waals surface area contributed by atoms with Crippen LogP contribution in [0.15, 0.2) is 352 Å². The number of hydrogen-bond donors (Lipinski definition) is 0. The van der Waals surface area contributed by atoms with Crippen molar-refractivity contribution < 1.29 is 0 Å². The van der Waals surface area contributed by atoms with Crippen molar-refractivity contribution in [2.45, 2.75) is 10.8 Å². The number of imidazole rings is 1. The van der Waals surface area contributed by atoms with Gasteiger partial charge in [0.1, 0.15) is 5.82 Å². The van der Waals surface area contributed by atoms with Gasteiger partial charge in [0, 0.05) is 22.4 Å². The molecular formula is C89H58N4. The van der Waals surface area contributed by atoms with Crippen molar-refractivity contribution in [1.82, 2.24) is 19.5 Å². The molecule has 2 aliphatic carbocycles. The monoisotopic (exact) mass is 1180 g/mol. The van der Waals surface area contributed by atoms with E-state index in [9.17, 15) is 0 Å². The van der Waals surface area contributed by atoms with Crippen molar-refractivity contribution in [2.75, 3.05) is 0 Å². The summed E-state index contributed by atoms with van der Waals surface area (Å²) in [6.45, 7) is 0. The van der Waals surface area contributed by atoms with Crippen LogP contribution in [-0.2, 0) is 10.8 Å². The van der Waals surface area contributed by atoms with Gasteiger partial charge in [-0.3, -0.25) is 4.57 Å². The quantitative estimate of drug-likeness (QED) is 0.130. The Balaban J connectivity index is 0.834. The average Bonchev–Trinajstić information content (AvgIpc) is 1.56. The van der Waals surface area contributed by atoms with Crippen molar-refractivity contribution >= 4 is 22.1 Å². The van der Waals surface area contributed by atoms with Crippen LogP contribution >= 0.6 is 0 Å².